The van der Waals surface area contributed by atoms with Gasteiger partial charge >= 0.3 is 0 Å². The molecule has 1 atom stereocenters. The molecule has 6 heteroatoms. The Balaban J connectivity index is 1.70. The number of ether oxygens (including phenoxy) is 3. The van der Waals surface area contributed by atoms with Gasteiger partial charge in [0.1, 0.15) is 24.2 Å². The topological polar surface area (TPSA) is 68.2 Å². The zero-order chi connectivity index (χ0) is 17.8. The van der Waals surface area contributed by atoms with Crippen LogP contribution in [0.4, 0.5) is 0 Å². The molecule has 0 unspecified atom stereocenters. The van der Waals surface area contributed by atoms with Crippen molar-refractivity contribution in [2.45, 2.75) is 50.9 Å². The monoisotopic (exact) mass is 349 g/mol. The first-order chi connectivity index (χ1) is 12.1. The third kappa shape index (κ3) is 3.90. The van der Waals surface area contributed by atoms with Gasteiger partial charge in [-0.1, -0.05) is 19.3 Å². The van der Waals surface area contributed by atoms with E-state index in [4.69, 9.17) is 14.2 Å². The highest BCUT2D eigenvalue weighted by Crippen LogP contribution is 2.39. The van der Waals surface area contributed by atoms with Crippen LogP contribution in [0.15, 0.2) is 12.1 Å². The average molecular weight is 349 g/mol. The summed E-state index contributed by atoms with van der Waals surface area (Å²) in [6, 6.07) is 3.58. The smallest absolute Gasteiger partial charge is 0.248 e. The van der Waals surface area contributed by atoms with E-state index in [2.05, 4.69) is 0 Å². The minimum absolute atomic E-state index is 0.0685. The first kappa shape index (κ1) is 18.0. The minimum Gasteiger partial charge on any atom is -0.496 e. The largest absolute Gasteiger partial charge is 0.496 e. The number of β-amino-alcohol motifs (C(OH)–C–C–N with tert-alkyl or cyclic N) is 1. The highest BCUT2D eigenvalue weighted by molar-refractivity contribution is 5.78. The molecule has 25 heavy (non-hydrogen) atoms. The summed E-state index contributed by atoms with van der Waals surface area (Å²) in [4.78, 5) is 14.2. The van der Waals surface area contributed by atoms with Gasteiger partial charge in [-0.25, -0.2) is 0 Å². The Morgan fingerprint density at radius 2 is 1.84 bits per heavy atom. The molecule has 0 bridgehead atoms. The maximum atomic E-state index is 12.6. The lowest BCUT2D eigenvalue weighted by atomic mass is 9.95. The van der Waals surface area contributed by atoms with Crippen LogP contribution in [0.3, 0.4) is 0 Å². The summed E-state index contributed by atoms with van der Waals surface area (Å²) in [7, 11) is 3.16. The summed E-state index contributed by atoms with van der Waals surface area (Å²) in [6.07, 6.45) is 5.05. The molecule has 6 nitrogen and oxygen atoms in total. The lowest BCUT2D eigenvalue weighted by molar-refractivity contribution is -0.141. The predicted molar refractivity (Wildman–Crippen MR) is 92.7 cm³/mol. The highest BCUT2D eigenvalue weighted by Gasteiger charge is 2.32. The van der Waals surface area contributed by atoms with Gasteiger partial charge in [-0.15, -0.1) is 0 Å². The van der Waals surface area contributed by atoms with E-state index < -0.39 is 6.10 Å². The molecule has 0 saturated heterocycles. The SMILES string of the molecule is COc1ccc(OC)c2c1CN(C(=O)COC1CCCCC1)C[C@H]2O. The van der Waals surface area contributed by atoms with E-state index in [0.29, 0.717) is 23.6 Å². The fourth-order valence-electron chi connectivity index (χ4n) is 3.78. The van der Waals surface area contributed by atoms with Crippen LogP contribution in [0.25, 0.3) is 0 Å². The lowest BCUT2D eigenvalue weighted by Gasteiger charge is -2.34. The molecule has 3 rings (SSSR count). The molecule has 0 spiro atoms. The maximum Gasteiger partial charge on any atom is 0.248 e. The molecule has 1 saturated carbocycles. The number of aliphatic hydroxyl groups excluding tert-OH is 1. The van der Waals surface area contributed by atoms with Crippen LogP contribution in [0.1, 0.15) is 49.3 Å². The number of amides is 1. The molecular formula is C19H27NO5. The summed E-state index contributed by atoms with van der Waals surface area (Å²) < 4.78 is 16.6. The molecule has 0 aromatic heterocycles. The van der Waals surface area contributed by atoms with Crippen LogP contribution in [0.5, 0.6) is 11.5 Å². The number of rotatable bonds is 5. The molecule has 1 heterocycles. The van der Waals surface area contributed by atoms with E-state index in [1.807, 2.05) is 0 Å². The quantitative estimate of drug-likeness (QED) is 0.884. The molecule has 138 valence electrons. The number of carbonyl (C=O) groups is 1. The molecule has 1 fully saturated rings. The van der Waals surface area contributed by atoms with Gasteiger partial charge in [-0.05, 0) is 25.0 Å². The Kier molecular flexibility index (Phi) is 5.81. The first-order valence-corrected chi connectivity index (χ1v) is 8.95. The van der Waals surface area contributed by atoms with Gasteiger partial charge in [0.2, 0.25) is 5.91 Å². The van der Waals surface area contributed by atoms with E-state index in [-0.39, 0.29) is 25.2 Å². The number of hydrogen-bond donors (Lipinski definition) is 1. The van der Waals surface area contributed by atoms with Crippen molar-refractivity contribution in [3.05, 3.63) is 23.3 Å². The zero-order valence-electron chi connectivity index (χ0n) is 15.0. The van der Waals surface area contributed by atoms with E-state index in [9.17, 15) is 9.90 Å². The van der Waals surface area contributed by atoms with Crippen molar-refractivity contribution in [2.75, 3.05) is 27.4 Å². The second-order valence-electron chi connectivity index (χ2n) is 6.72. The Bertz CT molecular complexity index is 612. The van der Waals surface area contributed by atoms with Crippen molar-refractivity contribution in [2.24, 2.45) is 0 Å². The summed E-state index contributed by atoms with van der Waals surface area (Å²) in [5.41, 5.74) is 1.51. The van der Waals surface area contributed by atoms with Gasteiger partial charge in [-0.2, -0.15) is 0 Å². The number of benzene rings is 1. The molecular weight excluding hydrogens is 322 g/mol. The molecule has 2 aliphatic rings. The van der Waals surface area contributed by atoms with Gasteiger partial charge in [0, 0.05) is 17.7 Å². The molecule has 1 amide bonds. The second-order valence-corrected chi connectivity index (χ2v) is 6.72. The van der Waals surface area contributed by atoms with Crippen molar-refractivity contribution in [1.82, 2.24) is 4.90 Å². The second kappa shape index (κ2) is 8.06. The van der Waals surface area contributed by atoms with Crippen LogP contribution in [-0.4, -0.2) is 49.4 Å². The summed E-state index contributed by atoms with van der Waals surface area (Å²) >= 11 is 0. The number of aliphatic hydroxyl groups is 1. The number of hydrogen-bond acceptors (Lipinski definition) is 5. The zero-order valence-corrected chi connectivity index (χ0v) is 15.0. The van der Waals surface area contributed by atoms with Crippen molar-refractivity contribution in [3.63, 3.8) is 0 Å². The Morgan fingerprint density at radius 3 is 2.52 bits per heavy atom. The van der Waals surface area contributed by atoms with Crippen LogP contribution in [-0.2, 0) is 16.1 Å². The van der Waals surface area contributed by atoms with Crippen molar-refractivity contribution in [3.8, 4) is 11.5 Å². The standard InChI is InChI=1S/C19H27NO5/c1-23-16-8-9-17(24-2)19-14(16)10-20(11-15(19)21)18(22)12-25-13-6-4-3-5-7-13/h8-9,13,15,21H,3-7,10-12H2,1-2H3/t15-/m1/s1. The van der Waals surface area contributed by atoms with Gasteiger partial charge in [0.25, 0.3) is 0 Å². The molecule has 1 N–H and O–H groups in total. The molecule has 1 aromatic carbocycles. The average Bonchev–Trinajstić information content (AvgIpc) is 2.65. The Labute approximate surface area is 148 Å². The number of methoxy groups -OCH3 is 2. The first-order valence-electron chi connectivity index (χ1n) is 8.95. The van der Waals surface area contributed by atoms with Crippen molar-refractivity contribution < 1.29 is 24.1 Å². The highest BCUT2D eigenvalue weighted by atomic mass is 16.5. The van der Waals surface area contributed by atoms with Crippen LogP contribution in [0, 0.1) is 0 Å². The molecule has 1 aliphatic carbocycles. The Morgan fingerprint density at radius 1 is 1.16 bits per heavy atom. The van der Waals surface area contributed by atoms with Crippen molar-refractivity contribution >= 4 is 5.91 Å². The number of fused-ring (bicyclic) bond motifs is 1. The van der Waals surface area contributed by atoms with Crippen LogP contribution >= 0.6 is 0 Å². The van der Waals surface area contributed by atoms with Crippen LogP contribution < -0.4 is 9.47 Å². The number of carbonyl (C=O) groups excluding carboxylic acids is 1. The summed E-state index contributed by atoms with van der Waals surface area (Å²) in [5.74, 6) is 1.18. The van der Waals surface area contributed by atoms with Gasteiger partial charge < -0.3 is 24.2 Å². The molecule has 1 aromatic rings. The number of nitrogens with zero attached hydrogens (tertiary/aromatic N) is 1. The Hall–Kier alpha value is -1.79. The van der Waals surface area contributed by atoms with Crippen molar-refractivity contribution in [1.29, 1.82) is 0 Å². The molecule has 1 aliphatic heterocycles. The van der Waals surface area contributed by atoms with E-state index in [1.165, 1.54) is 19.3 Å². The van der Waals surface area contributed by atoms with Gasteiger partial charge in [0.05, 0.1) is 26.9 Å². The summed E-state index contributed by atoms with van der Waals surface area (Å²) in [6.45, 7) is 0.696. The molecule has 0 radical (unpaired) electrons. The fourth-order valence-corrected chi connectivity index (χ4v) is 3.78. The fraction of sp³-hybridized carbons (Fsp3) is 0.632. The normalized spacial score (nSPS) is 20.9. The third-order valence-corrected chi connectivity index (χ3v) is 5.14. The third-order valence-electron chi connectivity index (χ3n) is 5.14. The van der Waals surface area contributed by atoms with Crippen LogP contribution in [0.2, 0.25) is 0 Å². The van der Waals surface area contributed by atoms with E-state index in [1.54, 1.807) is 31.3 Å². The van der Waals surface area contributed by atoms with Gasteiger partial charge in [-0.3, -0.25) is 4.79 Å². The lowest BCUT2D eigenvalue weighted by Crippen LogP contribution is -2.41. The van der Waals surface area contributed by atoms with E-state index in [0.717, 1.165) is 18.4 Å². The maximum absolute atomic E-state index is 12.6. The predicted octanol–water partition coefficient (Wildman–Crippen LogP) is 2.43. The minimum atomic E-state index is -0.799. The van der Waals surface area contributed by atoms with E-state index >= 15 is 0 Å². The van der Waals surface area contributed by atoms with Gasteiger partial charge in [0.15, 0.2) is 0 Å². The summed E-state index contributed by atoms with van der Waals surface area (Å²) in [5, 5.41) is 10.6.